The molecule has 0 radical (unpaired) electrons. The summed E-state index contributed by atoms with van der Waals surface area (Å²) < 4.78 is 14.5. The topological polar surface area (TPSA) is 17.1 Å². The Kier molecular flexibility index (Phi) is 3.91. The van der Waals surface area contributed by atoms with Crippen LogP contribution in [0.1, 0.15) is 21.5 Å². The highest BCUT2D eigenvalue weighted by molar-refractivity contribution is 9.10. The molecule has 0 aliphatic heterocycles. The molecule has 21 heavy (non-hydrogen) atoms. The number of rotatable bonds is 1. The minimum absolute atomic E-state index is 0.165. The predicted octanol–water partition coefficient (Wildman–Crippen LogP) is 5.72. The maximum Gasteiger partial charge on any atom is 0.189 e. The Morgan fingerprint density at radius 2 is 1.76 bits per heavy atom. The first-order chi connectivity index (χ1) is 9.94. The number of hydrogen-bond acceptors (Lipinski definition) is 1. The van der Waals surface area contributed by atoms with Crippen LogP contribution in [-0.2, 0) is 6.42 Å². The molecule has 0 saturated heterocycles. The summed E-state index contributed by atoms with van der Waals surface area (Å²) in [6.45, 7) is 0. The highest BCUT2D eigenvalue weighted by Gasteiger charge is 2.28. The zero-order chi connectivity index (χ0) is 15.1. The molecular formula is C16H8BrCl2FO. The average molecular weight is 386 g/mol. The third-order valence-electron chi connectivity index (χ3n) is 3.29. The van der Waals surface area contributed by atoms with Gasteiger partial charge in [-0.15, -0.1) is 0 Å². The lowest BCUT2D eigenvalue weighted by Crippen LogP contribution is -1.95. The number of halogens is 4. The molecular weight excluding hydrogens is 378 g/mol. The molecule has 0 atom stereocenters. The summed E-state index contributed by atoms with van der Waals surface area (Å²) in [6, 6.07) is 8.05. The van der Waals surface area contributed by atoms with Crippen molar-refractivity contribution in [2.24, 2.45) is 0 Å². The molecule has 2 aromatic rings. The van der Waals surface area contributed by atoms with Gasteiger partial charge in [-0.1, -0.05) is 39.1 Å². The van der Waals surface area contributed by atoms with E-state index >= 15 is 0 Å². The van der Waals surface area contributed by atoms with E-state index in [1.807, 2.05) is 0 Å². The molecule has 1 nitrogen and oxygen atoms in total. The quantitative estimate of drug-likeness (QED) is 0.574. The number of carbonyl (C=O) groups is 1. The number of carbonyl (C=O) groups excluding carboxylic acids is 1. The Bertz CT molecular complexity index is 779. The molecule has 0 bridgehead atoms. The van der Waals surface area contributed by atoms with Gasteiger partial charge in [0.1, 0.15) is 5.82 Å². The number of benzene rings is 2. The minimum atomic E-state index is -0.375. The summed E-state index contributed by atoms with van der Waals surface area (Å²) >= 11 is 15.1. The van der Waals surface area contributed by atoms with Gasteiger partial charge in [0, 0.05) is 37.6 Å². The maximum atomic E-state index is 13.9. The van der Waals surface area contributed by atoms with E-state index < -0.39 is 0 Å². The number of ketones is 1. The minimum Gasteiger partial charge on any atom is -0.289 e. The average Bonchev–Trinajstić information content (AvgIpc) is 2.66. The van der Waals surface area contributed by atoms with Gasteiger partial charge >= 0.3 is 0 Å². The van der Waals surface area contributed by atoms with Gasteiger partial charge in [0.2, 0.25) is 0 Å². The third kappa shape index (κ3) is 2.91. The molecule has 0 unspecified atom stereocenters. The van der Waals surface area contributed by atoms with Crippen molar-refractivity contribution >= 4 is 51.0 Å². The van der Waals surface area contributed by atoms with Crippen LogP contribution in [0.15, 0.2) is 40.4 Å². The van der Waals surface area contributed by atoms with Crippen molar-refractivity contribution in [1.82, 2.24) is 0 Å². The van der Waals surface area contributed by atoms with Gasteiger partial charge in [0.25, 0.3) is 0 Å². The lowest BCUT2D eigenvalue weighted by Gasteiger charge is -1.99. The fourth-order valence-corrected chi connectivity index (χ4v) is 3.38. The Labute approximate surface area is 139 Å². The Hall–Kier alpha value is -1.16. The van der Waals surface area contributed by atoms with Gasteiger partial charge in [-0.05, 0) is 42.0 Å². The van der Waals surface area contributed by atoms with Crippen LogP contribution in [0.25, 0.3) is 6.08 Å². The molecule has 5 heteroatoms. The molecule has 2 aromatic carbocycles. The van der Waals surface area contributed by atoms with E-state index in [1.165, 1.54) is 6.07 Å². The van der Waals surface area contributed by atoms with Crippen molar-refractivity contribution in [3.05, 3.63) is 72.9 Å². The first-order valence-corrected chi connectivity index (χ1v) is 7.68. The second-order valence-corrected chi connectivity index (χ2v) is 6.58. The maximum absolute atomic E-state index is 13.9. The van der Waals surface area contributed by atoms with E-state index in [9.17, 15) is 9.18 Å². The van der Waals surface area contributed by atoms with E-state index in [-0.39, 0.29) is 18.0 Å². The molecule has 1 aliphatic rings. The number of allylic oxidation sites excluding steroid dienone is 1. The molecule has 0 saturated carbocycles. The summed E-state index contributed by atoms with van der Waals surface area (Å²) in [5, 5.41) is 0.984. The number of Topliss-reactive ketones (excluding diaryl/α,β-unsaturated/α-hetero) is 1. The van der Waals surface area contributed by atoms with Crippen molar-refractivity contribution in [3.63, 3.8) is 0 Å². The monoisotopic (exact) mass is 384 g/mol. The zero-order valence-electron chi connectivity index (χ0n) is 10.6. The summed E-state index contributed by atoms with van der Waals surface area (Å²) in [5.74, 6) is -0.540. The van der Waals surface area contributed by atoms with E-state index in [2.05, 4.69) is 15.9 Å². The van der Waals surface area contributed by atoms with Crippen LogP contribution in [0.3, 0.4) is 0 Å². The third-order valence-corrected chi connectivity index (χ3v) is 4.18. The molecule has 3 rings (SSSR count). The van der Waals surface area contributed by atoms with Gasteiger partial charge < -0.3 is 0 Å². The molecule has 1 aliphatic carbocycles. The van der Waals surface area contributed by atoms with E-state index in [4.69, 9.17) is 23.2 Å². The van der Waals surface area contributed by atoms with Crippen LogP contribution in [0.2, 0.25) is 10.0 Å². The van der Waals surface area contributed by atoms with Gasteiger partial charge in [-0.3, -0.25) is 4.79 Å². The van der Waals surface area contributed by atoms with Gasteiger partial charge in [-0.25, -0.2) is 4.39 Å². The molecule has 0 aromatic heterocycles. The van der Waals surface area contributed by atoms with E-state index in [1.54, 1.807) is 30.3 Å². The van der Waals surface area contributed by atoms with Crippen molar-refractivity contribution in [1.29, 1.82) is 0 Å². The highest BCUT2D eigenvalue weighted by Crippen LogP contribution is 2.32. The largest absolute Gasteiger partial charge is 0.289 e. The summed E-state index contributed by atoms with van der Waals surface area (Å²) in [6.07, 6.45) is 1.98. The normalized spacial score (nSPS) is 15.6. The fourth-order valence-electron chi connectivity index (χ4n) is 2.41. The number of fused-ring (bicyclic) bond motifs is 1. The smallest absolute Gasteiger partial charge is 0.189 e. The first kappa shape index (κ1) is 14.8. The molecule has 0 amide bonds. The van der Waals surface area contributed by atoms with E-state index in [0.29, 0.717) is 31.2 Å². The zero-order valence-corrected chi connectivity index (χ0v) is 13.7. The van der Waals surface area contributed by atoms with Crippen LogP contribution in [0, 0.1) is 5.82 Å². The van der Waals surface area contributed by atoms with Crippen LogP contribution in [0.5, 0.6) is 0 Å². The molecule has 0 spiro atoms. The van der Waals surface area contributed by atoms with Crippen molar-refractivity contribution in [2.45, 2.75) is 6.42 Å². The number of hydrogen-bond donors (Lipinski definition) is 0. The van der Waals surface area contributed by atoms with Crippen LogP contribution < -0.4 is 0 Å². The first-order valence-electron chi connectivity index (χ1n) is 6.13. The molecule has 106 valence electrons. The Morgan fingerprint density at radius 3 is 2.43 bits per heavy atom. The van der Waals surface area contributed by atoms with Crippen molar-refractivity contribution in [3.8, 4) is 0 Å². The van der Waals surface area contributed by atoms with Gasteiger partial charge in [0.15, 0.2) is 5.78 Å². The fraction of sp³-hybridized carbons (Fsp3) is 0.0625. The lowest BCUT2D eigenvalue weighted by atomic mass is 10.1. The van der Waals surface area contributed by atoms with Gasteiger partial charge in [0.05, 0.1) is 0 Å². The second kappa shape index (κ2) is 5.56. The molecule has 0 fully saturated rings. The SMILES string of the molecule is O=C1/C(=C/c2cc(Cl)cc(Cl)c2)Cc2c(F)cc(Br)cc21. The van der Waals surface area contributed by atoms with Crippen LogP contribution >= 0.6 is 39.1 Å². The van der Waals surface area contributed by atoms with E-state index in [0.717, 1.165) is 5.56 Å². The second-order valence-electron chi connectivity index (χ2n) is 4.79. The summed E-state index contributed by atoms with van der Waals surface area (Å²) in [4.78, 5) is 12.4. The Morgan fingerprint density at radius 1 is 1.10 bits per heavy atom. The molecule has 0 heterocycles. The predicted molar refractivity (Wildman–Crippen MR) is 86.6 cm³/mol. The van der Waals surface area contributed by atoms with Crippen molar-refractivity contribution in [2.75, 3.05) is 0 Å². The molecule has 0 N–H and O–H groups in total. The highest BCUT2D eigenvalue weighted by atomic mass is 79.9. The standard InChI is InChI=1S/C16H8BrCl2FO/c17-10-5-14-13(15(20)6-10)4-9(16(14)21)1-8-2-11(18)7-12(19)3-8/h1-3,5-7H,4H2/b9-1+. The lowest BCUT2D eigenvalue weighted by molar-refractivity contribution is 0.104. The summed E-state index contributed by atoms with van der Waals surface area (Å²) in [7, 11) is 0. The van der Waals surface area contributed by atoms with Crippen LogP contribution in [-0.4, -0.2) is 5.78 Å². The van der Waals surface area contributed by atoms with Gasteiger partial charge in [-0.2, -0.15) is 0 Å². The Balaban J connectivity index is 2.05. The summed E-state index contributed by atoms with van der Waals surface area (Å²) in [5.41, 5.74) is 2.09. The van der Waals surface area contributed by atoms with Crippen molar-refractivity contribution < 1.29 is 9.18 Å². The van der Waals surface area contributed by atoms with Crippen LogP contribution in [0.4, 0.5) is 4.39 Å².